The highest BCUT2D eigenvalue weighted by Gasteiger charge is 1.99. The fraction of sp³-hybridized carbons (Fsp3) is 0.562. The molecule has 5 nitrogen and oxygen atoms in total. The highest BCUT2D eigenvalue weighted by atomic mass is 16.5. The second-order valence-electron chi connectivity index (χ2n) is 4.94. The predicted octanol–water partition coefficient (Wildman–Crippen LogP) is 2.43. The largest absolute Gasteiger partial charge is 0.497 e. The number of rotatable bonds is 8. The summed E-state index contributed by atoms with van der Waals surface area (Å²) in [5.74, 6) is 2.49. The summed E-state index contributed by atoms with van der Waals surface area (Å²) in [6.45, 7) is 8.48. The average molecular weight is 293 g/mol. The standard InChI is InChI=1S/C16H27N3O2/c1-5-17-16(19-13(2)3)18-10-7-11-21-15-9-6-8-14(12-15)20-4/h6,8-9,12-13H,5,7,10-11H2,1-4H3,(H2,17,18,19). The van der Waals surface area contributed by atoms with Crippen LogP contribution in [0.4, 0.5) is 0 Å². The van der Waals surface area contributed by atoms with E-state index in [2.05, 4.69) is 36.4 Å². The van der Waals surface area contributed by atoms with Crippen molar-refractivity contribution < 1.29 is 9.47 Å². The zero-order valence-electron chi connectivity index (χ0n) is 13.5. The van der Waals surface area contributed by atoms with E-state index in [1.165, 1.54) is 0 Å². The molecule has 0 aliphatic carbocycles. The number of aliphatic imine (C=N–C) groups is 1. The monoisotopic (exact) mass is 293 g/mol. The summed E-state index contributed by atoms with van der Waals surface area (Å²) in [6.07, 6.45) is 0.867. The Morgan fingerprint density at radius 2 is 2.05 bits per heavy atom. The molecule has 0 unspecified atom stereocenters. The highest BCUT2D eigenvalue weighted by Crippen LogP contribution is 2.18. The van der Waals surface area contributed by atoms with Gasteiger partial charge in [0, 0.05) is 31.6 Å². The fourth-order valence-corrected chi connectivity index (χ4v) is 1.73. The molecule has 1 rings (SSSR count). The Balaban J connectivity index is 2.31. The summed E-state index contributed by atoms with van der Waals surface area (Å²) in [7, 11) is 1.65. The smallest absolute Gasteiger partial charge is 0.191 e. The number of nitrogens with zero attached hydrogens (tertiary/aromatic N) is 1. The first-order chi connectivity index (χ1) is 10.2. The molecule has 0 radical (unpaired) electrons. The third kappa shape index (κ3) is 7.44. The minimum Gasteiger partial charge on any atom is -0.497 e. The van der Waals surface area contributed by atoms with Gasteiger partial charge in [0.25, 0.3) is 0 Å². The van der Waals surface area contributed by atoms with E-state index in [4.69, 9.17) is 9.47 Å². The molecule has 2 N–H and O–H groups in total. The molecule has 0 atom stereocenters. The molecule has 118 valence electrons. The highest BCUT2D eigenvalue weighted by molar-refractivity contribution is 5.79. The SMILES string of the molecule is CCNC(=NCCCOc1cccc(OC)c1)NC(C)C. The van der Waals surface area contributed by atoms with E-state index in [0.717, 1.165) is 37.0 Å². The van der Waals surface area contributed by atoms with Gasteiger partial charge in [0.05, 0.1) is 13.7 Å². The van der Waals surface area contributed by atoms with E-state index in [0.29, 0.717) is 12.6 Å². The van der Waals surface area contributed by atoms with Gasteiger partial charge in [-0.2, -0.15) is 0 Å². The molecule has 0 saturated carbocycles. The first-order valence-electron chi connectivity index (χ1n) is 7.47. The molecule has 21 heavy (non-hydrogen) atoms. The van der Waals surface area contributed by atoms with Crippen molar-refractivity contribution in [2.24, 2.45) is 4.99 Å². The van der Waals surface area contributed by atoms with Crippen LogP contribution in [0.3, 0.4) is 0 Å². The topological polar surface area (TPSA) is 54.9 Å². The number of methoxy groups -OCH3 is 1. The van der Waals surface area contributed by atoms with Gasteiger partial charge in [-0.25, -0.2) is 0 Å². The van der Waals surface area contributed by atoms with Crippen molar-refractivity contribution in [2.75, 3.05) is 26.8 Å². The Hall–Kier alpha value is -1.91. The molecular weight excluding hydrogens is 266 g/mol. The van der Waals surface area contributed by atoms with Gasteiger partial charge in [0.1, 0.15) is 11.5 Å². The zero-order chi connectivity index (χ0) is 15.5. The van der Waals surface area contributed by atoms with E-state index in [9.17, 15) is 0 Å². The summed E-state index contributed by atoms with van der Waals surface area (Å²) in [5, 5.41) is 6.51. The van der Waals surface area contributed by atoms with Gasteiger partial charge in [0.2, 0.25) is 0 Å². The minimum atomic E-state index is 0.371. The van der Waals surface area contributed by atoms with Crippen LogP contribution in [-0.2, 0) is 0 Å². The van der Waals surface area contributed by atoms with Crippen LogP contribution in [0.25, 0.3) is 0 Å². The average Bonchev–Trinajstić information content (AvgIpc) is 2.46. The van der Waals surface area contributed by atoms with E-state index >= 15 is 0 Å². The van der Waals surface area contributed by atoms with Crippen LogP contribution in [0.15, 0.2) is 29.3 Å². The number of hydrogen-bond donors (Lipinski definition) is 2. The van der Waals surface area contributed by atoms with E-state index in [1.807, 2.05) is 24.3 Å². The quantitative estimate of drug-likeness (QED) is 0.439. The van der Waals surface area contributed by atoms with Crippen molar-refractivity contribution in [3.63, 3.8) is 0 Å². The summed E-state index contributed by atoms with van der Waals surface area (Å²) in [6, 6.07) is 8.00. The lowest BCUT2D eigenvalue weighted by molar-refractivity contribution is 0.311. The molecule has 1 aromatic rings. The summed E-state index contributed by atoms with van der Waals surface area (Å²) in [4.78, 5) is 4.51. The molecule has 5 heteroatoms. The molecule has 0 aromatic heterocycles. The molecule has 0 saturated heterocycles. The molecule has 0 bridgehead atoms. The number of hydrogen-bond acceptors (Lipinski definition) is 3. The maximum absolute atomic E-state index is 5.68. The van der Waals surface area contributed by atoms with Crippen LogP contribution in [0.2, 0.25) is 0 Å². The molecule has 0 spiro atoms. The first kappa shape index (κ1) is 17.1. The third-order valence-corrected chi connectivity index (χ3v) is 2.65. The summed E-state index contributed by atoms with van der Waals surface area (Å²) >= 11 is 0. The van der Waals surface area contributed by atoms with Crippen molar-refractivity contribution in [1.82, 2.24) is 10.6 Å². The normalized spacial score (nSPS) is 11.4. The molecule has 0 aliphatic heterocycles. The molecule has 0 heterocycles. The minimum absolute atomic E-state index is 0.371. The van der Waals surface area contributed by atoms with Gasteiger partial charge < -0.3 is 20.1 Å². The van der Waals surface area contributed by atoms with Gasteiger partial charge in [-0.15, -0.1) is 0 Å². The van der Waals surface area contributed by atoms with E-state index in [-0.39, 0.29) is 0 Å². The van der Waals surface area contributed by atoms with Crippen LogP contribution in [0.5, 0.6) is 11.5 Å². The van der Waals surface area contributed by atoms with Crippen LogP contribution in [0, 0.1) is 0 Å². The number of benzene rings is 1. The summed E-state index contributed by atoms with van der Waals surface area (Å²) < 4.78 is 10.8. The molecule has 0 fully saturated rings. The lowest BCUT2D eigenvalue weighted by Crippen LogP contribution is -2.41. The zero-order valence-corrected chi connectivity index (χ0v) is 13.5. The number of nitrogens with one attached hydrogen (secondary N) is 2. The van der Waals surface area contributed by atoms with Gasteiger partial charge in [-0.1, -0.05) is 6.07 Å². The fourth-order valence-electron chi connectivity index (χ4n) is 1.73. The molecular formula is C16H27N3O2. The molecule has 0 aliphatic rings. The van der Waals surface area contributed by atoms with Gasteiger partial charge in [-0.3, -0.25) is 4.99 Å². The Morgan fingerprint density at radius 1 is 1.29 bits per heavy atom. The Labute approximate surface area is 127 Å². The van der Waals surface area contributed by atoms with Crippen molar-refractivity contribution in [1.29, 1.82) is 0 Å². The molecule has 1 aromatic carbocycles. The lowest BCUT2D eigenvalue weighted by Gasteiger charge is -2.14. The van der Waals surface area contributed by atoms with Crippen molar-refractivity contribution >= 4 is 5.96 Å². The maximum atomic E-state index is 5.68. The van der Waals surface area contributed by atoms with E-state index in [1.54, 1.807) is 7.11 Å². The van der Waals surface area contributed by atoms with Gasteiger partial charge in [-0.05, 0) is 32.9 Å². The van der Waals surface area contributed by atoms with Crippen LogP contribution in [0.1, 0.15) is 27.2 Å². The summed E-state index contributed by atoms with van der Waals surface area (Å²) in [5.41, 5.74) is 0. The Morgan fingerprint density at radius 3 is 2.71 bits per heavy atom. The molecule has 0 amide bonds. The predicted molar refractivity (Wildman–Crippen MR) is 87.4 cm³/mol. The first-order valence-corrected chi connectivity index (χ1v) is 7.47. The van der Waals surface area contributed by atoms with Crippen LogP contribution < -0.4 is 20.1 Å². The third-order valence-electron chi connectivity index (χ3n) is 2.65. The number of ether oxygens (including phenoxy) is 2. The van der Waals surface area contributed by atoms with Gasteiger partial charge >= 0.3 is 0 Å². The Kier molecular flexibility index (Phi) is 8.09. The van der Waals surface area contributed by atoms with E-state index < -0.39 is 0 Å². The van der Waals surface area contributed by atoms with Gasteiger partial charge in [0.15, 0.2) is 5.96 Å². The van der Waals surface area contributed by atoms with Crippen molar-refractivity contribution in [2.45, 2.75) is 33.2 Å². The van der Waals surface area contributed by atoms with Crippen LogP contribution >= 0.6 is 0 Å². The number of guanidine groups is 1. The van der Waals surface area contributed by atoms with Crippen molar-refractivity contribution in [3.05, 3.63) is 24.3 Å². The van der Waals surface area contributed by atoms with Crippen molar-refractivity contribution in [3.8, 4) is 11.5 Å². The Bertz CT molecular complexity index is 433. The van der Waals surface area contributed by atoms with Crippen LogP contribution in [-0.4, -0.2) is 38.8 Å². The second kappa shape index (κ2) is 9.91. The lowest BCUT2D eigenvalue weighted by atomic mass is 10.3. The second-order valence-corrected chi connectivity index (χ2v) is 4.94. The maximum Gasteiger partial charge on any atom is 0.191 e.